The van der Waals surface area contributed by atoms with Crippen molar-refractivity contribution in [3.63, 3.8) is 0 Å². The van der Waals surface area contributed by atoms with Crippen LogP contribution < -0.4 is 22.1 Å². The summed E-state index contributed by atoms with van der Waals surface area (Å²) in [7, 11) is 0. The molecule has 0 aliphatic carbocycles. The van der Waals surface area contributed by atoms with Crippen LogP contribution in [0.2, 0.25) is 0 Å². The Morgan fingerprint density at radius 3 is 2.96 bits per heavy atom. The van der Waals surface area contributed by atoms with Gasteiger partial charge >= 0.3 is 0 Å². The molecular weight excluding hydrogens is 374 g/mol. The fourth-order valence-electron chi connectivity index (χ4n) is 2.53. The number of imidazole rings is 1. The molecule has 0 aliphatic heterocycles. The number of benzene rings is 1. The summed E-state index contributed by atoms with van der Waals surface area (Å²) >= 11 is 1.47. The molecule has 0 unspecified atom stereocenters. The molecule has 0 saturated carbocycles. The number of nitrogens with zero attached hydrogens (tertiary/aromatic N) is 2. The van der Waals surface area contributed by atoms with Crippen LogP contribution in [0.5, 0.6) is 0 Å². The van der Waals surface area contributed by atoms with E-state index >= 15 is 0 Å². The van der Waals surface area contributed by atoms with Gasteiger partial charge < -0.3 is 27.1 Å². The maximum atomic E-state index is 12.1. The Balaban J connectivity index is 1.42. The van der Waals surface area contributed by atoms with Gasteiger partial charge in [-0.25, -0.2) is 9.97 Å². The van der Waals surface area contributed by atoms with Crippen molar-refractivity contribution in [3.05, 3.63) is 70.2 Å². The van der Waals surface area contributed by atoms with Crippen molar-refractivity contribution in [2.24, 2.45) is 11.5 Å². The molecule has 1 amide bonds. The zero-order valence-corrected chi connectivity index (χ0v) is 16.1. The average molecular weight is 398 g/mol. The lowest BCUT2D eigenvalue weighted by atomic mass is 10.3. The maximum Gasteiger partial charge on any atom is 0.271 e. The number of para-hydroxylation sites is 2. The Morgan fingerprint density at radius 1 is 1.29 bits per heavy atom. The fraction of sp³-hybridized carbons (Fsp3) is 0.211. The minimum absolute atomic E-state index is 0.245. The topological polar surface area (TPSA) is 135 Å². The maximum absolute atomic E-state index is 12.1. The van der Waals surface area contributed by atoms with Crippen LogP contribution in [0, 0.1) is 0 Å². The number of aromatic nitrogens is 3. The summed E-state index contributed by atoms with van der Waals surface area (Å²) in [5.41, 5.74) is 13.9. The van der Waals surface area contributed by atoms with E-state index in [1.165, 1.54) is 17.5 Å². The minimum Gasteiger partial charge on any atom is -0.405 e. The summed E-state index contributed by atoms with van der Waals surface area (Å²) in [6.45, 7) is 1.64. The van der Waals surface area contributed by atoms with Crippen LogP contribution in [-0.2, 0) is 13.0 Å². The Kier molecular flexibility index (Phi) is 6.77. The number of hydrogen-bond donors (Lipinski definition) is 5. The van der Waals surface area contributed by atoms with E-state index in [9.17, 15) is 4.79 Å². The van der Waals surface area contributed by atoms with Gasteiger partial charge in [0.1, 0.15) is 11.5 Å². The zero-order chi connectivity index (χ0) is 19.8. The summed E-state index contributed by atoms with van der Waals surface area (Å²) in [4.78, 5) is 24.3. The van der Waals surface area contributed by atoms with Crippen LogP contribution in [0.25, 0.3) is 11.0 Å². The molecule has 146 valence electrons. The largest absolute Gasteiger partial charge is 0.405 e. The normalized spacial score (nSPS) is 12.1. The molecule has 0 spiro atoms. The van der Waals surface area contributed by atoms with Crippen LogP contribution in [0.1, 0.15) is 21.3 Å². The van der Waals surface area contributed by atoms with Gasteiger partial charge in [0.15, 0.2) is 0 Å². The van der Waals surface area contributed by atoms with Crippen LogP contribution in [0.4, 0.5) is 0 Å². The molecule has 3 aromatic rings. The molecule has 2 aromatic heterocycles. The standard InChI is InChI=1S/C19H23N7OS/c20-8-3-4-13(21)10-23-19(27)16-12-28-18(26-16)7-9-22-11-17-24-14-5-1-2-6-15(14)25-17/h1-6,8,12,22H,7,9-11,20-21H2,(H,23,27)(H,24,25)/b8-3-,13-4-. The highest BCUT2D eigenvalue weighted by molar-refractivity contribution is 7.09. The Bertz CT molecular complexity index is 956. The van der Waals surface area contributed by atoms with Crippen LogP contribution in [0.3, 0.4) is 0 Å². The van der Waals surface area contributed by atoms with Crippen LogP contribution >= 0.6 is 11.3 Å². The van der Waals surface area contributed by atoms with Crippen molar-refractivity contribution in [2.45, 2.75) is 13.0 Å². The molecule has 28 heavy (non-hydrogen) atoms. The van der Waals surface area contributed by atoms with Crippen LogP contribution in [0.15, 0.2) is 53.7 Å². The average Bonchev–Trinajstić information content (AvgIpc) is 3.34. The first kappa shape index (κ1) is 19.6. The van der Waals surface area contributed by atoms with Gasteiger partial charge in [0.25, 0.3) is 5.91 Å². The Morgan fingerprint density at radius 2 is 2.14 bits per heavy atom. The summed E-state index contributed by atoms with van der Waals surface area (Å²) in [6, 6.07) is 7.94. The highest BCUT2D eigenvalue weighted by Crippen LogP contribution is 2.11. The summed E-state index contributed by atoms with van der Waals surface area (Å²) < 4.78 is 0. The number of carbonyl (C=O) groups excluding carboxylic acids is 1. The molecule has 1 aromatic carbocycles. The number of aromatic amines is 1. The first-order chi connectivity index (χ1) is 13.7. The van der Waals surface area contributed by atoms with Crippen molar-refractivity contribution in [1.82, 2.24) is 25.6 Å². The number of thiazole rings is 1. The predicted molar refractivity (Wildman–Crippen MR) is 112 cm³/mol. The number of fused-ring (bicyclic) bond motifs is 1. The zero-order valence-electron chi connectivity index (χ0n) is 15.3. The molecule has 3 rings (SSSR count). The molecule has 7 N–H and O–H groups in total. The molecule has 9 heteroatoms. The number of rotatable bonds is 9. The molecule has 0 atom stereocenters. The molecule has 0 saturated heterocycles. The minimum atomic E-state index is -0.245. The highest BCUT2D eigenvalue weighted by Gasteiger charge is 2.10. The first-order valence-electron chi connectivity index (χ1n) is 8.85. The van der Waals surface area contributed by atoms with E-state index in [4.69, 9.17) is 11.5 Å². The lowest BCUT2D eigenvalue weighted by Crippen LogP contribution is -2.28. The van der Waals surface area contributed by atoms with Crippen molar-refractivity contribution < 1.29 is 4.79 Å². The quantitative estimate of drug-likeness (QED) is 0.274. The van der Waals surface area contributed by atoms with Gasteiger partial charge in [-0.2, -0.15) is 0 Å². The van der Waals surface area contributed by atoms with Gasteiger partial charge in [0.05, 0.1) is 29.1 Å². The Hall–Kier alpha value is -3.17. The number of H-pyrrole nitrogens is 1. The van der Waals surface area contributed by atoms with E-state index in [0.717, 1.165) is 34.8 Å². The summed E-state index contributed by atoms with van der Waals surface area (Å²) in [6.07, 6.45) is 5.37. The third-order valence-electron chi connectivity index (χ3n) is 3.91. The van der Waals surface area contributed by atoms with Gasteiger partial charge in [-0.05, 0) is 30.5 Å². The Labute approximate surface area is 166 Å². The fourth-order valence-corrected chi connectivity index (χ4v) is 3.31. The predicted octanol–water partition coefficient (Wildman–Crippen LogP) is 1.40. The van der Waals surface area contributed by atoms with Crippen molar-refractivity contribution in [1.29, 1.82) is 0 Å². The van der Waals surface area contributed by atoms with E-state index < -0.39 is 0 Å². The van der Waals surface area contributed by atoms with Crippen molar-refractivity contribution in [2.75, 3.05) is 13.1 Å². The van der Waals surface area contributed by atoms with E-state index in [0.29, 0.717) is 17.9 Å². The second kappa shape index (κ2) is 9.67. The van der Waals surface area contributed by atoms with Gasteiger partial charge in [-0.3, -0.25) is 4.79 Å². The van der Waals surface area contributed by atoms with E-state index in [1.54, 1.807) is 17.5 Å². The smallest absolute Gasteiger partial charge is 0.271 e. The van der Waals surface area contributed by atoms with Crippen molar-refractivity contribution >= 4 is 28.3 Å². The van der Waals surface area contributed by atoms with Gasteiger partial charge in [0.2, 0.25) is 0 Å². The van der Waals surface area contributed by atoms with E-state index in [-0.39, 0.29) is 12.5 Å². The molecule has 2 heterocycles. The van der Waals surface area contributed by atoms with Crippen molar-refractivity contribution in [3.8, 4) is 0 Å². The third-order valence-corrected chi connectivity index (χ3v) is 4.81. The highest BCUT2D eigenvalue weighted by atomic mass is 32.1. The second-order valence-electron chi connectivity index (χ2n) is 6.06. The van der Waals surface area contributed by atoms with Gasteiger partial charge in [-0.15, -0.1) is 11.3 Å². The number of allylic oxidation sites excluding steroid dienone is 2. The summed E-state index contributed by atoms with van der Waals surface area (Å²) in [5, 5.41) is 8.73. The molecule has 8 nitrogen and oxygen atoms in total. The number of amides is 1. The molecule has 0 fully saturated rings. The van der Waals surface area contributed by atoms with Gasteiger partial charge in [-0.1, -0.05) is 12.1 Å². The lowest BCUT2D eigenvalue weighted by molar-refractivity contribution is 0.0952. The number of nitrogens with two attached hydrogens (primary N) is 2. The van der Waals surface area contributed by atoms with E-state index in [2.05, 4.69) is 25.6 Å². The van der Waals surface area contributed by atoms with Gasteiger partial charge in [0, 0.05) is 24.0 Å². The second-order valence-corrected chi connectivity index (χ2v) is 7.01. The summed E-state index contributed by atoms with van der Waals surface area (Å²) in [5.74, 6) is 0.654. The molecule has 0 bridgehead atoms. The lowest BCUT2D eigenvalue weighted by Gasteiger charge is -2.03. The number of hydrogen-bond acceptors (Lipinski definition) is 7. The molecule has 0 radical (unpaired) electrons. The third kappa shape index (κ3) is 5.41. The number of nitrogens with one attached hydrogen (secondary N) is 3. The first-order valence-corrected chi connectivity index (χ1v) is 9.73. The van der Waals surface area contributed by atoms with E-state index in [1.807, 2.05) is 24.3 Å². The molecular formula is C19H23N7OS. The molecule has 0 aliphatic rings. The number of carbonyl (C=O) groups is 1. The monoisotopic (exact) mass is 397 g/mol. The SMILES string of the molecule is N/C=C\C=C(/N)CNC(=O)c1csc(CCNCc2nc3ccccc3[nH]2)n1. The van der Waals surface area contributed by atoms with Crippen LogP contribution in [-0.4, -0.2) is 33.9 Å².